The first-order valence-electron chi connectivity index (χ1n) is 12.6. The second kappa shape index (κ2) is 10.4. The quantitative estimate of drug-likeness (QED) is 0.254. The molecule has 0 fully saturated rings. The summed E-state index contributed by atoms with van der Waals surface area (Å²) in [6.07, 6.45) is 0.0963. The van der Waals surface area contributed by atoms with Gasteiger partial charge in [0.2, 0.25) is 0 Å². The Labute approximate surface area is 217 Å². The minimum atomic E-state index is -0.859. The molecule has 0 heterocycles. The van der Waals surface area contributed by atoms with Crippen molar-refractivity contribution in [2.24, 2.45) is 0 Å². The van der Waals surface area contributed by atoms with Gasteiger partial charge in [-0.15, -0.1) is 0 Å². The van der Waals surface area contributed by atoms with Gasteiger partial charge in [0.15, 0.2) is 0 Å². The van der Waals surface area contributed by atoms with Gasteiger partial charge in [-0.05, 0) is 47.2 Å². The van der Waals surface area contributed by atoms with Gasteiger partial charge in [-0.2, -0.15) is 0 Å². The molecule has 37 heavy (non-hydrogen) atoms. The molecule has 4 aromatic carbocycles. The van der Waals surface area contributed by atoms with Gasteiger partial charge in [0.1, 0.15) is 13.2 Å². The zero-order valence-corrected chi connectivity index (χ0v) is 21.2. The van der Waals surface area contributed by atoms with Gasteiger partial charge in [0.05, 0.1) is 12.8 Å². The smallest absolute Gasteiger partial charge is 0.307 e. The van der Waals surface area contributed by atoms with Crippen LogP contribution in [0.5, 0.6) is 0 Å². The van der Waals surface area contributed by atoms with Crippen molar-refractivity contribution in [3.63, 3.8) is 0 Å². The molecule has 0 spiro atoms. The van der Waals surface area contributed by atoms with E-state index in [4.69, 9.17) is 9.47 Å². The van der Waals surface area contributed by atoms with Crippen LogP contribution in [0.4, 0.5) is 0 Å². The lowest BCUT2D eigenvalue weighted by Crippen LogP contribution is -2.33. The van der Waals surface area contributed by atoms with Gasteiger partial charge in [-0.25, -0.2) is 0 Å². The molecule has 4 heteroatoms. The molecule has 4 nitrogen and oxygen atoms in total. The van der Waals surface area contributed by atoms with Crippen LogP contribution in [-0.4, -0.2) is 11.9 Å². The highest BCUT2D eigenvalue weighted by atomic mass is 16.5. The van der Waals surface area contributed by atoms with E-state index in [2.05, 4.69) is 0 Å². The maximum atomic E-state index is 13.3. The van der Waals surface area contributed by atoms with Crippen molar-refractivity contribution in [2.45, 2.75) is 45.3 Å². The number of esters is 2. The standard InChI is InChI=1S/C33H30O4/c1-23-11-15-25(16-12-23)21-36-31(34)19-33(20-32(35)37-22-26-17-13-24(2)14-18-26)29-9-5-3-7-27(29)28-8-4-6-10-30(28)33/h3-18H,19-22H2,1-2H3. The third-order valence-electron chi connectivity index (χ3n) is 7.11. The average Bonchev–Trinajstić information content (AvgIpc) is 3.17. The fourth-order valence-electron chi connectivity index (χ4n) is 5.15. The normalized spacial score (nSPS) is 12.9. The van der Waals surface area contributed by atoms with Gasteiger partial charge in [-0.3, -0.25) is 9.59 Å². The molecule has 0 saturated carbocycles. The zero-order valence-electron chi connectivity index (χ0n) is 21.2. The molecule has 5 rings (SSSR count). The second-order valence-electron chi connectivity index (χ2n) is 9.82. The van der Waals surface area contributed by atoms with Crippen molar-refractivity contribution in [1.82, 2.24) is 0 Å². The SMILES string of the molecule is Cc1ccc(COC(=O)CC2(CC(=O)OCc3ccc(C)cc3)c3ccccc3-c3ccccc32)cc1. The van der Waals surface area contributed by atoms with Crippen LogP contribution in [0.15, 0.2) is 97.1 Å². The number of carbonyl (C=O) groups excluding carboxylic acids is 2. The summed E-state index contributed by atoms with van der Waals surface area (Å²) in [6.45, 7) is 4.42. The summed E-state index contributed by atoms with van der Waals surface area (Å²) in [7, 11) is 0. The third kappa shape index (κ3) is 5.19. The summed E-state index contributed by atoms with van der Waals surface area (Å²) in [4.78, 5) is 26.6. The number of carbonyl (C=O) groups is 2. The Kier molecular flexibility index (Phi) is 6.91. The molecular formula is C33H30O4. The van der Waals surface area contributed by atoms with Crippen molar-refractivity contribution in [1.29, 1.82) is 0 Å². The van der Waals surface area contributed by atoms with E-state index in [1.165, 1.54) is 0 Å². The number of rotatable bonds is 8. The molecule has 0 bridgehead atoms. The molecule has 0 saturated heterocycles. The molecule has 0 aromatic heterocycles. The largest absolute Gasteiger partial charge is 0.461 e. The summed E-state index contributed by atoms with van der Waals surface area (Å²) in [6, 6.07) is 31.8. The molecule has 0 amide bonds. The van der Waals surface area contributed by atoms with E-state index in [0.717, 1.165) is 44.5 Å². The summed E-state index contributed by atoms with van der Waals surface area (Å²) < 4.78 is 11.4. The first-order chi connectivity index (χ1) is 17.9. The van der Waals surface area contributed by atoms with Crippen LogP contribution in [0.25, 0.3) is 11.1 Å². The Bertz CT molecular complexity index is 1310. The minimum Gasteiger partial charge on any atom is -0.461 e. The lowest BCUT2D eigenvalue weighted by atomic mass is 9.73. The molecule has 0 aliphatic heterocycles. The number of fused-ring (bicyclic) bond motifs is 3. The number of aryl methyl sites for hydroxylation is 2. The lowest BCUT2D eigenvalue weighted by molar-refractivity contribution is -0.149. The van der Waals surface area contributed by atoms with Gasteiger partial charge >= 0.3 is 11.9 Å². The maximum absolute atomic E-state index is 13.3. The van der Waals surface area contributed by atoms with E-state index in [0.29, 0.717) is 0 Å². The van der Waals surface area contributed by atoms with Crippen LogP contribution >= 0.6 is 0 Å². The molecule has 0 atom stereocenters. The zero-order chi connectivity index (χ0) is 25.8. The highest BCUT2D eigenvalue weighted by Gasteiger charge is 2.46. The Hall–Kier alpha value is -4.18. The van der Waals surface area contributed by atoms with E-state index in [-0.39, 0.29) is 38.0 Å². The summed E-state index contributed by atoms with van der Waals surface area (Å²) in [5.74, 6) is -0.697. The first-order valence-corrected chi connectivity index (χ1v) is 12.6. The highest BCUT2D eigenvalue weighted by Crippen LogP contribution is 2.52. The monoisotopic (exact) mass is 490 g/mol. The van der Waals surface area contributed by atoms with Gasteiger partial charge in [0.25, 0.3) is 0 Å². The maximum Gasteiger partial charge on any atom is 0.307 e. The van der Waals surface area contributed by atoms with E-state index >= 15 is 0 Å². The Morgan fingerprint density at radius 1 is 0.568 bits per heavy atom. The molecule has 0 radical (unpaired) electrons. The van der Waals surface area contributed by atoms with Crippen molar-refractivity contribution in [3.05, 3.63) is 130 Å². The van der Waals surface area contributed by atoms with Crippen molar-refractivity contribution >= 4 is 11.9 Å². The van der Waals surface area contributed by atoms with Crippen LogP contribution in [-0.2, 0) is 37.7 Å². The predicted octanol–water partition coefficient (Wildman–Crippen LogP) is 6.84. The molecular weight excluding hydrogens is 460 g/mol. The van der Waals surface area contributed by atoms with Crippen LogP contribution in [0.3, 0.4) is 0 Å². The molecule has 0 unspecified atom stereocenters. The molecule has 1 aliphatic carbocycles. The highest BCUT2D eigenvalue weighted by molar-refractivity contribution is 5.88. The Balaban J connectivity index is 1.41. The van der Waals surface area contributed by atoms with E-state index in [1.807, 2.05) is 111 Å². The van der Waals surface area contributed by atoms with Crippen molar-refractivity contribution < 1.29 is 19.1 Å². The summed E-state index contributed by atoms with van der Waals surface area (Å²) in [5, 5.41) is 0. The second-order valence-corrected chi connectivity index (χ2v) is 9.82. The molecule has 1 aliphatic rings. The Morgan fingerprint density at radius 2 is 0.946 bits per heavy atom. The summed E-state index contributed by atoms with van der Waals surface area (Å²) >= 11 is 0. The van der Waals surface area contributed by atoms with Crippen LogP contribution in [0, 0.1) is 13.8 Å². The van der Waals surface area contributed by atoms with Crippen molar-refractivity contribution in [2.75, 3.05) is 0 Å². The van der Waals surface area contributed by atoms with Gasteiger partial charge < -0.3 is 9.47 Å². The third-order valence-corrected chi connectivity index (χ3v) is 7.11. The number of ether oxygens (including phenoxy) is 2. The molecule has 186 valence electrons. The predicted molar refractivity (Wildman–Crippen MR) is 144 cm³/mol. The molecule has 0 N–H and O–H groups in total. The van der Waals surface area contributed by atoms with Crippen LogP contribution < -0.4 is 0 Å². The summed E-state index contributed by atoms with van der Waals surface area (Å²) in [5.41, 5.74) is 7.28. The first kappa shape index (κ1) is 24.5. The van der Waals surface area contributed by atoms with Crippen LogP contribution in [0.1, 0.15) is 46.2 Å². The van der Waals surface area contributed by atoms with E-state index in [1.54, 1.807) is 0 Å². The van der Waals surface area contributed by atoms with Crippen molar-refractivity contribution in [3.8, 4) is 11.1 Å². The van der Waals surface area contributed by atoms with Gasteiger partial charge in [0, 0.05) is 5.41 Å². The fourth-order valence-corrected chi connectivity index (χ4v) is 5.15. The van der Waals surface area contributed by atoms with Gasteiger partial charge in [-0.1, -0.05) is 108 Å². The molecule has 4 aromatic rings. The topological polar surface area (TPSA) is 52.6 Å². The number of benzene rings is 4. The number of hydrogen-bond acceptors (Lipinski definition) is 4. The number of hydrogen-bond donors (Lipinski definition) is 0. The average molecular weight is 491 g/mol. The Morgan fingerprint density at radius 3 is 1.35 bits per heavy atom. The van der Waals surface area contributed by atoms with Crippen LogP contribution in [0.2, 0.25) is 0 Å². The van der Waals surface area contributed by atoms with E-state index in [9.17, 15) is 9.59 Å². The fraction of sp³-hybridized carbons (Fsp3) is 0.212. The minimum absolute atomic E-state index is 0.0481. The lowest BCUT2D eigenvalue weighted by Gasteiger charge is -2.30. The van der Waals surface area contributed by atoms with E-state index < -0.39 is 5.41 Å².